The average molecular weight is 547 g/mol. The van der Waals surface area contributed by atoms with Crippen LogP contribution in [0.5, 0.6) is 5.75 Å². The van der Waals surface area contributed by atoms with E-state index in [-0.39, 0.29) is 22.6 Å². The van der Waals surface area contributed by atoms with Gasteiger partial charge in [0.05, 0.1) is 22.2 Å². The number of methoxy groups -OCH3 is 1. The van der Waals surface area contributed by atoms with Gasteiger partial charge in [0.15, 0.2) is 5.13 Å². The first-order valence-electron chi connectivity index (χ1n) is 12.4. The van der Waals surface area contributed by atoms with E-state index in [1.807, 2.05) is 64.9 Å². The van der Waals surface area contributed by atoms with Crippen molar-refractivity contribution in [2.75, 3.05) is 52.3 Å². The highest BCUT2D eigenvalue weighted by Crippen LogP contribution is 2.32. The van der Waals surface area contributed by atoms with Crippen molar-refractivity contribution in [3.63, 3.8) is 0 Å². The van der Waals surface area contributed by atoms with Gasteiger partial charge in [0.25, 0.3) is 5.91 Å². The topological polar surface area (TPSA) is 83.0 Å². The smallest absolute Gasteiger partial charge is 0.260 e. The Balaban J connectivity index is 1.92. The first-order chi connectivity index (χ1) is 17.4. The molecule has 0 N–H and O–H groups in total. The Morgan fingerprint density at radius 3 is 2.14 bits per heavy atom. The van der Waals surface area contributed by atoms with E-state index in [2.05, 4.69) is 0 Å². The largest absolute Gasteiger partial charge is 0.497 e. The number of hydrogen-bond acceptors (Lipinski definition) is 7. The fraction of sp³-hybridized carbons (Fsp3) is 0.481. The molecule has 0 bridgehead atoms. The average Bonchev–Trinajstić information content (AvgIpc) is 3.25. The van der Waals surface area contributed by atoms with Gasteiger partial charge in [-0.05, 0) is 62.3 Å². The lowest BCUT2D eigenvalue weighted by Crippen LogP contribution is -2.37. The van der Waals surface area contributed by atoms with E-state index in [4.69, 9.17) is 9.72 Å². The number of sulfonamides is 1. The minimum atomic E-state index is -3.67. The number of carbonyl (C=O) groups excluding carboxylic acids is 1. The zero-order valence-corrected chi connectivity index (χ0v) is 24.4. The first kappa shape index (κ1) is 29.0. The maximum Gasteiger partial charge on any atom is 0.260 e. The van der Waals surface area contributed by atoms with Gasteiger partial charge >= 0.3 is 0 Å². The number of likely N-dealkylation sites (N-methyl/N-ethyl adjacent to an activating group) is 1. The van der Waals surface area contributed by atoms with Crippen molar-refractivity contribution in [2.24, 2.45) is 11.8 Å². The third-order valence-electron chi connectivity index (χ3n) is 5.71. The minimum Gasteiger partial charge on any atom is -0.497 e. The Morgan fingerprint density at radius 2 is 1.59 bits per heavy atom. The number of benzene rings is 2. The molecule has 1 heterocycles. The maximum absolute atomic E-state index is 13.6. The van der Waals surface area contributed by atoms with Crippen molar-refractivity contribution < 1.29 is 17.9 Å². The van der Waals surface area contributed by atoms with Gasteiger partial charge in [0, 0.05) is 37.8 Å². The van der Waals surface area contributed by atoms with Crippen molar-refractivity contribution in [3.05, 3.63) is 48.0 Å². The molecular formula is C27H38N4O4S2. The van der Waals surface area contributed by atoms with Crippen molar-refractivity contribution in [1.82, 2.24) is 14.2 Å². The van der Waals surface area contributed by atoms with E-state index < -0.39 is 10.0 Å². The molecule has 1 aromatic heterocycles. The number of thiazole rings is 1. The summed E-state index contributed by atoms with van der Waals surface area (Å²) < 4.78 is 34.6. The molecule has 1 amide bonds. The molecule has 0 aliphatic rings. The monoisotopic (exact) mass is 546 g/mol. The molecule has 37 heavy (non-hydrogen) atoms. The fourth-order valence-electron chi connectivity index (χ4n) is 3.88. The number of amides is 1. The van der Waals surface area contributed by atoms with Gasteiger partial charge in [-0.1, -0.05) is 39.0 Å². The third-order valence-corrected chi connectivity index (χ3v) is 8.61. The summed E-state index contributed by atoms with van der Waals surface area (Å²) in [5.74, 6) is 0.885. The van der Waals surface area contributed by atoms with Crippen LogP contribution in [0.1, 0.15) is 38.1 Å². The number of rotatable bonds is 12. The Hall–Kier alpha value is -2.53. The van der Waals surface area contributed by atoms with Gasteiger partial charge in [0.1, 0.15) is 5.75 Å². The summed E-state index contributed by atoms with van der Waals surface area (Å²) in [6, 6.07) is 11.9. The number of aromatic nitrogens is 1. The Morgan fingerprint density at radius 1 is 0.973 bits per heavy atom. The van der Waals surface area contributed by atoms with Crippen LogP contribution in [0, 0.1) is 11.8 Å². The predicted molar refractivity (Wildman–Crippen MR) is 151 cm³/mol. The van der Waals surface area contributed by atoms with Crippen LogP contribution in [0.25, 0.3) is 10.2 Å². The lowest BCUT2D eigenvalue weighted by atomic mass is 10.2. The first-order valence-corrected chi connectivity index (χ1v) is 14.7. The van der Waals surface area contributed by atoms with Crippen molar-refractivity contribution >= 4 is 42.6 Å². The molecule has 3 aromatic rings. The molecule has 0 aliphatic heterocycles. The van der Waals surface area contributed by atoms with Crippen molar-refractivity contribution in [2.45, 2.75) is 32.6 Å². The lowest BCUT2D eigenvalue weighted by molar-refractivity contribution is 0.0985. The molecule has 202 valence electrons. The van der Waals surface area contributed by atoms with Gasteiger partial charge in [-0.2, -0.15) is 4.31 Å². The Kier molecular flexibility index (Phi) is 9.68. The highest BCUT2D eigenvalue weighted by Gasteiger charge is 2.27. The van der Waals surface area contributed by atoms with E-state index in [9.17, 15) is 13.2 Å². The van der Waals surface area contributed by atoms with Crippen molar-refractivity contribution in [3.8, 4) is 5.75 Å². The molecule has 0 saturated heterocycles. The number of anilines is 1. The molecule has 3 rings (SSSR count). The highest BCUT2D eigenvalue weighted by atomic mass is 32.2. The number of carbonyl (C=O) groups is 1. The molecule has 2 aromatic carbocycles. The van der Waals surface area contributed by atoms with Crippen LogP contribution in [0.15, 0.2) is 47.4 Å². The zero-order chi connectivity index (χ0) is 27.3. The summed E-state index contributed by atoms with van der Waals surface area (Å²) in [6.45, 7) is 10.0. The molecule has 0 atom stereocenters. The lowest BCUT2D eigenvalue weighted by Gasteiger charge is -2.26. The molecule has 0 fully saturated rings. The predicted octanol–water partition coefficient (Wildman–Crippen LogP) is 4.82. The molecule has 0 spiro atoms. The summed E-state index contributed by atoms with van der Waals surface area (Å²) in [6.07, 6.45) is 0. The molecular weight excluding hydrogens is 508 g/mol. The van der Waals surface area contributed by atoms with Gasteiger partial charge in [-0.25, -0.2) is 13.4 Å². The molecule has 0 aliphatic carbocycles. The minimum absolute atomic E-state index is 0.192. The standard InChI is InChI=1S/C27H38N4O4S2/c1-19(2)17-30(18-20(3)4)37(33,34)23-11-8-21(9-12-23)26(32)31(15-14-29(5)6)27-28-24-16-22(35-7)10-13-25(24)36-27/h8-13,16,19-20H,14-15,17-18H2,1-7H3. The summed E-state index contributed by atoms with van der Waals surface area (Å²) >= 11 is 1.44. The van der Waals surface area contributed by atoms with Crippen LogP contribution in [0.3, 0.4) is 0 Å². The molecule has 0 radical (unpaired) electrons. The summed E-state index contributed by atoms with van der Waals surface area (Å²) in [5, 5.41) is 0.590. The van der Waals surface area contributed by atoms with Gasteiger partial charge in [0.2, 0.25) is 10.0 Å². The number of ether oxygens (including phenoxy) is 1. The van der Waals surface area contributed by atoms with Crippen LogP contribution >= 0.6 is 11.3 Å². The number of fused-ring (bicyclic) bond motifs is 1. The van der Waals surface area contributed by atoms with E-state index in [0.29, 0.717) is 42.6 Å². The highest BCUT2D eigenvalue weighted by molar-refractivity contribution is 7.89. The van der Waals surface area contributed by atoms with Crippen LogP contribution in [-0.2, 0) is 10.0 Å². The number of hydrogen-bond donors (Lipinski definition) is 0. The molecule has 8 nitrogen and oxygen atoms in total. The maximum atomic E-state index is 13.6. The van der Waals surface area contributed by atoms with E-state index in [1.165, 1.54) is 27.8 Å². The van der Waals surface area contributed by atoms with Gasteiger partial charge in [-0.3, -0.25) is 9.69 Å². The quantitative estimate of drug-likeness (QED) is 0.324. The Bertz CT molecular complexity index is 1290. The van der Waals surface area contributed by atoms with E-state index in [1.54, 1.807) is 24.1 Å². The summed E-state index contributed by atoms with van der Waals surface area (Å²) in [7, 11) is 1.84. The summed E-state index contributed by atoms with van der Waals surface area (Å²) in [4.78, 5) is 22.2. The normalized spacial score (nSPS) is 12.3. The second kappa shape index (κ2) is 12.3. The third kappa shape index (κ3) is 7.28. The number of nitrogens with zero attached hydrogens (tertiary/aromatic N) is 4. The zero-order valence-electron chi connectivity index (χ0n) is 22.8. The SMILES string of the molecule is COc1ccc2sc(N(CCN(C)C)C(=O)c3ccc(S(=O)(=O)N(CC(C)C)CC(C)C)cc3)nc2c1. The summed E-state index contributed by atoms with van der Waals surface area (Å²) in [5.41, 5.74) is 1.17. The van der Waals surface area contributed by atoms with Crippen LogP contribution in [0.2, 0.25) is 0 Å². The molecule has 0 unspecified atom stereocenters. The fourth-order valence-corrected chi connectivity index (χ4v) is 6.62. The van der Waals surface area contributed by atoms with Crippen LogP contribution in [-0.4, -0.2) is 75.9 Å². The Labute approximate surface area is 224 Å². The van der Waals surface area contributed by atoms with E-state index >= 15 is 0 Å². The second-order valence-electron chi connectivity index (χ2n) is 10.2. The van der Waals surface area contributed by atoms with Gasteiger partial charge in [-0.15, -0.1) is 0 Å². The van der Waals surface area contributed by atoms with Crippen molar-refractivity contribution in [1.29, 1.82) is 0 Å². The van der Waals surface area contributed by atoms with Crippen LogP contribution in [0.4, 0.5) is 5.13 Å². The van der Waals surface area contributed by atoms with Gasteiger partial charge < -0.3 is 9.64 Å². The molecule has 0 saturated carbocycles. The van der Waals surface area contributed by atoms with E-state index in [0.717, 1.165) is 10.2 Å². The molecule has 10 heteroatoms. The second-order valence-corrected chi connectivity index (χ2v) is 13.2. The van der Waals surface area contributed by atoms with Crippen LogP contribution < -0.4 is 9.64 Å².